The number of alkyl halides is 2. The van der Waals surface area contributed by atoms with Gasteiger partial charge in [-0.05, 0) is 6.07 Å². The van der Waals surface area contributed by atoms with E-state index in [2.05, 4.69) is 4.98 Å². The first kappa shape index (κ1) is 10.8. The average molecular weight is 226 g/mol. The maximum absolute atomic E-state index is 12.8. The average Bonchev–Trinajstić information content (AvgIpc) is 2.02. The molecule has 0 amide bonds. The van der Waals surface area contributed by atoms with Gasteiger partial charge in [0.1, 0.15) is 5.56 Å². The zero-order valence-corrected chi connectivity index (χ0v) is 7.23. The second-order valence-corrected chi connectivity index (χ2v) is 2.75. The summed E-state index contributed by atoms with van der Waals surface area (Å²) in [4.78, 5) is 13.0. The molecule has 0 radical (unpaired) electrons. The van der Waals surface area contributed by atoms with E-state index in [0.29, 0.717) is 0 Å². The van der Waals surface area contributed by atoms with E-state index < -0.39 is 28.4 Å². The molecule has 76 valence electrons. The van der Waals surface area contributed by atoms with Crippen molar-refractivity contribution in [2.24, 2.45) is 0 Å². The molecule has 0 saturated carbocycles. The van der Waals surface area contributed by atoms with Crippen LogP contribution in [0.1, 0.15) is 5.56 Å². The molecule has 7 heteroatoms. The van der Waals surface area contributed by atoms with Crippen LogP contribution in [0.2, 0.25) is 5.02 Å². The van der Waals surface area contributed by atoms with Crippen LogP contribution in [0.5, 0.6) is 0 Å². The number of pyridine rings is 1. The molecule has 0 fully saturated rings. The van der Waals surface area contributed by atoms with Crippen LogP contribution in [-0.4, -0.2) is 16.1 Å². The van der Waals surface area contributed by atoms with E-state index in [1.807, 2.05) is 0 Å². The predicted molar refractivity (Wildman–Crippen MR) is 40.7 cm³/mol. The zero-order chi connectivity index (χ0) is 10.9. The zero-order valence-electron chi connectivity index (χ0n) is 6.47. The molecule has 1 aromatic heterocycles. The van der Waals surface area contributed by atoms with E-state index in [1.54, 1.807) is 0 Å². The van der Waals surface area contributed by atoms with Crippen LogP contribution in [0.15, 0.2) is 12.3 Å². The van der Waals surface area contributed by atoms with Crippen LogP contribution in [0.3, 0.4) is 0 Å². The standard InChI is InChI=1S/C7H3ClF3NO2/c8-3-1-2-12-5(9)4(3)7(10,11)6(13)14/h1-2H,(H,13,14). The number of carbonyl (C=O) groups is 1. The molecular weight excluding hydrogens is 223 g/mol. The van der Waals surface area contributed by atoms with Crippen molar-refractivity contribution in [1.82, 2.24) is 4.98 Å². The number of halogens is 4. The number of carboxylic acids is 1. The number of hydrogen-bond donors (Lipinski definition) is 1. The van der Waals surface area contributed by atoms with Crippen LogP contribution in [0.4, 0.5) is 13.2 Å². The van der Waals surface area contributed by atoms with Crippen molar-refractivity contribution in [1.29, 1.82) is 0 Å². The molecule has 1 rings (SSSR count). The van der Waals surface area contributed by atoms with Crippen LogP contribution in [-0.2, 0) is 10.7 Å². The Morgan fingerprint density at radius 2 is 2.14 bits per heavy atom. The fraction of sp³-hybridized carbons (Fsp3) is 0.143. The normalized spacial score (nSPS) is 11.4. The number of hydrogen-bond acceptors (Lipinski definition) is 2. The Kier molecular flexibility index (Phi) is 2.66. The van der Waals surface area contributed by atoms with Gasteiger partial charge in [-0.3, -0.25) is 0 Å². The van der Waals surface area contributed by atoms with Crippen molar-refractivity contribution >= 4 is 17.6 Å². The van der Waals surface area contributed by atoms with Gasteiger partial charge in [0.05, 0.1) is 5.02 Å². The molecule has 0 atom stereocenters. The minimum Gasteiger partial charge on any atom is -0.477 e. The molecule has 0 unspecified atom stereocenters. The van der Waals surface area contributed by atoms with Gasteiger partial charge in [0, 0.05) is 6.20 Å². The number of carboxylic acid groups (broad SMARTS) is 1. The fourth-order valence-electron chi connectivity index (χ4n) is 0.801. The molecule has 0 aliphatic rings. The summed E-state index contributed by atoms with van der Waals surface area (Å²) in [5.41, 5.74) is -1.42. The number of rotatable bonds is 2. The summed E-state index contributed by atoms with van der Waals surface area (Å²) >= 11 is 5.23. The van der Waals surface area contributed by atoms with E-state index in [1.165, 1.54) is 0 Å². The molecule has 0 saturated heterocycles. The Hall–Kier alpha value is -1.30. The Morgan fingerprint density at radius 3 is 2.57 bits per heavy atom. The SMILES string of the molecule is O=C(O)C(F)(F)c1c(Cl)ccnc1F. The first-order valence-corrected chi connectivity index (χ1v) is 3.67. The van der Waals surface area contributed by atoms with Crippen molar-refractivity contribution in [3.63, 3.8) is 0 Å². The minimum absolute atomic E-state index is 0.676. The lowest BCUT2D eigenvalue weighted by atomic mass is 10.1. The number of nitrogens with zero attached hydrogens (tertiary/aromatic N) is 1. The molecule has 14 heavy (non-hydrogen) atoms. The van der Waals surface area contributed by atoms with Crippen molar-refractivity contribution in [2.45, 2.75) is 5.92 Å². The molecule has 0 aliphatic heterocycles. The maximum Gasteiger partial charge on any atom is 0.379 e. The van der Waals surface area contributed by atoms with Crippen LogP contribution >= 0.6 is 11.6 Å². The number of aromatic nitrogens is 1. The van der Waals surface area contributed by atoms with Crippen molar-refractivity contribution in [2.75, 3.05) is 0 Å². The fourth-order valence-corrected chi connectivity index (χ4v) is 1.05. The smallest absolute Gasteiger partial charge is 0.379 e. The summed E-state index contributed by atoms with van der Waals surface area (Å²) in [6, 6.07) is 0.886. The summed E-state index contributed by atoms with van der Waals surface area (Å²) in [5.74, 6) is -8.45. The Balaban J connectivity index is 3.38. The Labute approximate surface area is 81.1 Å². The van der Waals surface area contributed by atoms with Crippen LogP contribution in [0.25, 0.3) is 0 Å². The lowest BCUT2D eigenvalue weighted by Crippen LogP contribution is -2.27. The molecule has 0 spiro atoms. The Bertz CT molecular complexity index is 363. The highest BCUT2D eigenvalue weighted by molar-refractivity contribution is 6.31. The maximum atomic E-state index is 12.8. The predicted octanol–water partition coefficient (Wildman–Crippen LogP) is 2.05. The topological polar surface area (TPSA) is 50.2 Å². The lowest BCUT2D eigenvalue weighted by Gasteiger charge is -2.12. The molecule has 3 nitrogen and oxygen atoms in total. The highest BCUT2D eigenvalue weighted by atomic mass is 35.5. The summed E-state index contributed by atoms with van der Waals surface area (Å²) in [6.07, 6.45) is 0.860. The summed E-state index contributed by atoms with van der Waals surface area (Å²) in [5, 5.41) is 7.46. The first-order valence-electron chi connectivity index (χ1n) is 3.29. The quantitative estimate of drug-likeness (QED) is 0.784. The molecule has 1 aromatic rings. The van der Waals surface area contributed by atoms with Gasteiger partial charge in [-0.2, -0.15) is 13.2 Å². The summed E-state index contributed by atoms with van der Waals surface area (Å²) < 4.78 is 38.4. The highest BCUT2D eigenvalue weighted by Gasteiger charge is 2.45. The lowest BCUT2D eigenvalue weighted by molar-refractivity contribution is -0.166. The largest absolute Gasteiger partial charge is 0.477 e. The molecule has 0 bridgehead atoms. The van der Waals surface area contributed by atoms with E-state index in [4.69, 9.17) is 16.7 Å². The second kappa shape index (κ2) is 3.45. The number of aliphatic carboxylic acids is 1. The van der Waals surface area contributed by atoms with E-state index >= 15 is 0 Å². The van der Waals surface area contributed by atoms with Gasteiger partial charge in [0.2, 0.25) is 5.95 Å². The summed E-state index contributed by atoms with van der Waals surface area (Å²) in [6.45, 7) is 0. The van der Waals surface area contributed by atoms with Gasteiger partial charge in [0.15, 0.2) is 0 Å². The molecule has 0 aliphatic carbocycles. The van der Waals surface area contributed by atoms with E-state index in [-0.39, 0.29) is 0 Å². The minimum atomic E-state index is -4.38. The van der Waals surface area contributed by atoms with Gasteiger partial charge in [0.25, 0.3) is 0 Å². The van der Waals surface area contributed by atoms with Gasteiger partial charge in [-0.15, -0.1) is 0 Å². The van der Waals surface area contributed by atoms with E-state index in [0.717, 1.165) is 12.3 Å². The van der Waals surface area contributed by atoms with Crippen LogP contribution in [0, 0.1) is 5.95 Å². The molecule has 1 heterocycles. The van der Waals surface area contributed by atoms with E-state index in [9.17, 15) is 18.0 Å². The first-order chi connectivity index (χ1) is 6.37. The molecular formula is C7H3ClF3NO2. The highest BCUT2D eigenvalue weighted by Crippen LogP contribution is 2.34. The van der Waals surface area contributed by atoms with Crippen molar-refractivity contribution < 1.29 is 23.1 Å². The third-order valence-corrected chi connectivity index (χ3v) is 1.75. The third-order valence-electron chi connectivity index (χ3n) is 1.44. The van der Waals surface area contributed by atoms with Crippen molar-refractivity contribution in [3.05, 3.63) is 28.8 Å². The van der Waals surface area contributed by atoms with Crippen LogP contribution < -0.4 is 0 Å². The van der Waals surface area contributed by atoms with Crippen molar-refractivity contribution in [3.8, 4) is 0 Å². The monoisotopic (exact) mass is 225 g/mol. The van der Waals surface area contributed by atoms with Gasteiger partial charge < -0.3 is 5.11 Å². The van der Waals surface area contributed by atoms with Gasteiger partial charge in [-0.25, -0.2) is 9.78 Å². The van der Waals surface area contributed by atoms with Gasteiger partial charge in [-0.1, -0.05) is 11.6 Å². The Morgan fingerprint density at radius 1 is 1.57 bits per heavy atom. The van der Waals surface area contributed by atoms with Gasteiger partial charge >= 0.3 is 11.9 Å². The molecule has 0 aromatic carbocycles. The second-order valence-electron chi connectivity index (χ2n) is 2.34. The molecule has 1 N–H and O–H groups in total. The third kappa shape index (κ3) is 1.65. The summed E-state index contributed by atoms with van der Waals surface area (Å²) in [7, 11) is 0.